The van der Waals surface area contributed by atoms with Gasteiger partial charge in [-0.1, -0.05) is 6.07 Å². The van der Waals surface area contributed by atoms with Crippen molar-refractivity contribution in [2.45, 2.75) is 18.9 Å². The molecule has 0 bridgehead atoms. The van der Waals surface area contributed by atoms with Crippen molar-refractivity contribution in [3.8, 4) is 5.75 Å². The molecule has 9 heteroatoms. The lowest BCUT2D eigenvalue weighted by atomic mass is 10.0. The molecule has 2 N–H and O–H groups in total. The highest BCUT2D eigenvalue weighted by Crippen LogP contribution is 2.29. The van der Waals surface area contributed by atoms with E-state index in [-0.39, 0.29) is 24.2 Å². The Morgan fingerprint density at radius 3 is 2.88 bits per heavy atom. The molecule has 1 aliphatic heterocycles. The summed E-state index contributed by atoms with van der Waals surface area (Å²) in [7, 11) is 0. The van der Waals surface area contributed by atoms with E-state index in [0.717, 1.165) is 29.0 Å². The first kappa shape index (κ1) is 20.9. The minimum Gasteiger partial charge on any atom is -0.484 e. The van der Waals surface area contributed by atoms with E-state index in [2.05, 4.69) is 20.5 Å². The number of anilines is 1. The maximum Gasteiger partial charge on any atom is 0.260 e. The number of nitrogens with one attached hydrogen (secondary N) is 2. The van der Waals surface area contributed by atoms with Crippen LogP contribution in [0.3, 0.4) is 0 Å². The van der Waals surface area contributed by atoms with Crippen molar-refractivity contribution in [1.29, 1.82) is 0 Å². The van der Waals surface area contributed by atoms with Crippen molar-refractivity contribution in [3.63, 3.8) is 0 Å². The molecule has 1 aliphatic rings. The third kappa shape index (κ3) is 4.77. The first-order valence-corrected chi connectivity index (χ1v) is 10.8. The Morgan fingerprint density at radius 1 is 1.18 bits per heavy atom. The summed E-state index contributed by atoms with van der Waals surface area (Å²) >= 11 is 0. The van der Waals surface area contributed by atoms with Crippen LogP contribution in [-0.4, -0.2) is 50.7 Å². The average molecular weight is 446 g/mol. The van der Waals surface area contributed by atoms with Crippen LogP contribution in [-0.2, 0) is 11.3 Å². The van der Waals surface area contributed by atoms with E-state index in [9.17, 15) is 9.18 Å². The second-order valence-electron chi connectivity index (χ2n) is 7.95. The number of aromatic nitrogens is 4. The van der Waals surface area contributed by atoms with Gasteiger partial charge in [-0.15, -0.1) is 0 Å². The molecule has 168 valence electrons. The Kier molecular flexibility index (Phi) is 5.84. The number of rotatable bonds is 7. The van der Waals surface area contributed by atoms with Gasteiger partial charge in [0, 0.05) is 30.9 Å². The fourth-order valence-corrected chi connectivity index (χ4v) is 3.95. The van der Waals surface area contributed by atoms with Gasteiger partial charge < -0.3 is 15.0 Å². The van der Waals surface area contributed by atoms with Crippen LogP contribution in [0, 0.1) is 5.82 Å². The van der Waals surface area contributed by atoms with Gasteiger partial charge in [0.05, 0.1) is 17.6 Å². The second kappa shape index (κ2) is 9.23. The zero-order valence-corrected chi connectivity index (χ0v) is 17.9. The molecule has 8 nitrogen and oxygen atoms in total. The number of aromatic amines is 1. The van der Waals surface area contributed by atoms with E-state index >= 15 is 0 Å². The van der Waals surface area contributed by atoms with Crippen molar-refractivity contribution in [2.75, 3.05) is 25.0 Å². The zero-order valence-electron chi connectivity index (χ0n) is 17.9. The summed E-state index contributed by atoms with van der Waals surface area (Å²) in [6.07, 6.45) is 2.60. The number of hydrogen-bond donors (Lipinski definition) is 2. The summed E-state index contributed by atoms with van der Waals surface area (Å²) in [6.45, 7) is 1.73. The molecule has 1 aromatic carbocycles. The smallest absolute Gasteiger partial charge is 0.260 e. The summed E-state index contributed by atoms with van der Waals surface area (Å²) in [6, 6.07) is 15.4. The fourth-order valence-electron chi connectivity index (χ4n) is 3.95. The van der Waals surface area contributed by atoms with Crippen molar-refractivity contribution in [2.24, 2.45) is 0 Å². The Bertz CT molecular complexity index is 1250. The van der Waals surface area contributed by atoms with E-state index in [1.807, 2.05) is 30.3 Å². The van der Waals surface area contributed by atoms with Crippen molar-refractivity contribution in [3.05, 3.63) is 78.0 Å². The quantitative estimate of drug-likeness (QED) is 0.451. The largest absolute Gasteiger partial charge is 0.484 e. The van der Waals surface area contributed by atoms with Crippen molar-refractivity contribution >= 4 is 22.8 Å². The van der Waals surface area contributed by atoms with Crippen LogP contribution >= 0.6 is 0 Å². The molecule has 1 saturated heterocycles. The minimum absolute atomic E-state index is 0.0728. The fraction of sp³-hybridized carbons (Fsp3) is 0.250. The van der Waals surface area contributed by atoms with Crippen LogP contribution in [0.2, 0.25) is 0 Å². The summed E-state index contributed by atoms with van der Waals surface area (Å²) in [5, 5.41) is 11.5. The molecule has 5 rings (SSSR count). The SMILES string of the molecule is O=C(COc1ccc(F)cc1)N1CC[C@H](c2ccc3c(NCc4ccccn4)n[nH]c3n2)C1. The number of pyridine rings is 2. The zero-order chi connectivity index (χ0) is 22.6. The lowest BCUT2D eigenvalue weighted by Gasteiger charge is -2.17. The number of H-pyrrole nitrogens is 1. The first-order chi connectivity index (χ1) is 16.2. The number of fused-ring (bicyclic) bond motifs is 1. The molecule has 1 atom stereocenters. The van der Waals surface area contributed by atoms with Gasteiger partial charge in [0.1, 0.15) is 11.6 Å². The number of benzene rings is 1. The van der Waals surface area contributed by atoms with E-state index in [0.29, 0.717) is 31.0 Å². The Balaban J connectivity index is 1.19. The lowest BCUT2D eigenvalue weighted by Crippen LogP contribution is -2.32. The Labute approximate surface area is 189 Å². The number of carbonyl (C=O) groups is 1. The van der Waals surface area contributed by atoms with E-state index < -0.39 is 0 Å². The summed E-state index contributed by atoms with van der Waals surface area (Å²) < 4.78 is 18.5. The number of likely N-dealkylation sites (tertiary alicyclic amines) is 1. The normalized spacial score (nSPS) is 15.7. The van der Waals surface area contributed by atoms with E-state index in [1.54, 1.807) is 11.1 Å². The van der Waals surface area contributed by atoms with Crippen LogP contribution in [0.25, 0.3) is 11.0 Å². The summed E-state index contributed by atoms with van der Waals surface area (Å²) in [5.41, 5.74) is 2.56. The van der Waals surface area contributed by atoms with Gasteiger partial charge in [0.15, 0.2) is 18.1 Å². The monoisotopic (exact) mass is 446 g/mol. The van der Waals surface area contributed by atoms with Crippen LogP contribution in [0.1, 0.15) is 23.7 Å². The van der Waals surface area contributed by atoms with Gasteiger partial charge in [-0.2, -0.15) is 5.10 Å². The molecular weight excluding hydrogens is 423 g/mol. The molecule has 1 fully saturated rings. The molecule has 0 aliphatic carbocycles. The molecule has 4 heterocycles. The molecule has 0 saturated carbocycles. The highest BCUT2D eigenvalue weighted by atomic mass is 19.1. The van der Waals surface area contributed by atoms with Gasteiger partial charge in [0.25, 0.3) is 5.91 Å². The van der Waals surface area contributed by atoms with Crippen molar-refractivity contribution < 1.29 is 13.9 Å². The Morgan fingerprint density at radius 2 is 2.06 bits per heavy atom. The maximum absolute atomic E-state index is 13.0. The molecule has 0 unspecified atom stereocenters. The maximum atomic E-state index is 13.0. The van der Waals surface area contributed by atoms with Gasteiger partial charge >= 0.3 is 0 Å². The summed E-state index contributed by atoms with van der Waals surface area (Å²) in [5.74, 6) is 0.923. The molecule has 0 radical (unpaired) electrons. The highest BCUT2D eigenvalue weighted by molar-refractivity contribution is 5.87. The molecule has 4 aromatic rings. The molecular formula is C24H23FN6O2. The van der Waals surface area contributed by atoms with Crippen molar-refractivity contribution in [1.82, 2.24) is 25.1 Å². The highest BCUT2D eigenvalue weighted by Gasteiger charge is 2.28. The number of amides is 1. The van der Waals surface area contributed by atoms with Gasteiger partial charge in [0.2, 0.25) is 0 Å². The number of ether oxygens (including phenoxy) is 1. The average Bonchev–Trinajstić information content (AvgIpc) is 3.50. The van der Waals surface area contributed by atoms with E-state index in [1.165, 1.54) is 24.3 Å². The minimum atomic E-state index is -0.339. The molecule has 3 aromatic heterocycles. The first-order valence-electron chi connectivity index (χ1n) is 10.8. The number of hydrogen-bond acceptors (Lipinski definition) is 6. The van der Waals surface area contributed by atoms with E-state index in [4.69, 9.17) is 9.72 Å². The van der Waals surface area contributed by atoms with Crippen LogP contribution in [0.5, 0.6) is 5.75 Å². The van der Waals surface area contributed by atoms with Crippen LogP contribution in [0.15, 0.2) is 60.8 Å². The number of carbonyl (C=O) groups excluding carboxylic acids is 1. The van der Waals surface area contributed by atoms with Crippen LogP contribution < -0.4 is 10.1 Å². The third-order valence-corrected chi connectivity index (χ3v) is 5.74. The molecule has 1 amide bonds. The predicted octanol–water partition coefficient (Wildman–Crippen LogP) is 3.50. The Hall–Kier alpha value is -4.01. The van der Waals surface area contributed by atoms with Gasteiger partial charge in [-0.05, 0) is 55.0 Å². The van der Waals surface area contributed by atoms with Crippen LogP contribution in [0.4, 0.5) is 10.2 Å². The van der Waals surface area contributed by atoms with Gasteiger partial charge in [-0.25, -0.2) is 9.37 Å². The number of nitrogens with zero attached hydrogens (tertiary/aromatic N) is 4. The lowest BCUT2D eigenvalue weighted by molar-refractivity contribution is -0.132. The molecule has 0 spiro atoms. The topological polar surface area (TPSA) is 96.0 Å². The number of halogens is 1. The third-order valence-electron chi connectivity index (χ3n) is 5.74. The predicted molar refractivity (Wildman–Crippen MR) is 121 cm³/mol. The standard InChI is InChI=1S/C24H23FN6O2/c25-17-4-6-19(7-5-17)33-15-22(32)31-12-10-16(14-31)21-9-8-20-23(29-30-24(20)28-21)27-13-18-3-1-2-11-26-18/h1-9,11,16H,10,12-15H2,(H2,27,28,29,30)/t16-/m0/s1. The summed E-state index contributed by atoms with van der Waals surface area (Å²) in [4.78, 5) is 23.4. The second-order valence-corrected chi connectivity index (χ2v) is 7.95. The van der Waals surface area contributed by atoms with Gasteiger partial charge in [-0.3, -0.25) is 14.9 Å². The molecule has 33 heavy (non-hydrogen) atoms.